The lowest BCUT2D eigenvalue weighted by molar-refractivity contribution is 0.668. The monoisotopic (exact) mass is 423 g/mol. The molecule has 0 N–H and O–H groups in total. The Balaban J connectivity index is 1.74. The predicted molar refractivity (Wildman–Crippen MR) is 135 cm³/mol. The van der Waals surface area contributed by atoms with Gasteiger partial charge in [-0.25, -0.2) is 0 Å². The quantitative estimate of drug-likeness (QED) is 0.265. The summed E-state index contributed by atoms with van der Waals surface area (Å²) in [6.45, 7) is 0. The number of hydrogen-bond donors (Lipinski definition) is 0. The summed E-state index contributed by atoms with van der Waals surface area (Å²) >= 11 is 0. The average Bonchev–Trinajstić information content (AvgIpc) is 3.53. The summed E-state index contributed by atoms with van der Waals surface area (Å²) in [6, 6.07) is 35.7. The highest BCUT2D eigenvalue weighted by molar-refractivity contribution is 6.35. The summed E-state index contributed by atoms with van der Waals surface area (Å²) in [5.74, 6) is 0. The molecule has 3 aromatic heterocycles. The van der Waals surface area contributed by atoms with Gasteiger partial charge in [-0.2, -0.15) is 0 Å². The minimum Gasteiger partial charge on any atom is -0.456 e. The summed E-state index contributed by atoms with van der Waals surface area (Å²) in [4.78, 5) is 0. The van der Waals surface area contributed by atoms with Gasteiger partial charge in [0.2, 0.25) is 0 Å². The van der Waals surface area contributed by atoms with Gasteiger partial charge in [0.1, 0.15) is 22.3 Å². The first-order chi connectivity index (χ1) is 16.4. The molecule has 0 saturated carbocycles. The zero-order chi connectivity index (χ0) is 21.5. The Hall–Kier alpha value is -4.50. The van der Waals surface area contributed by atoms with Crippen LogP contribution in [0.2, 0.25) is 0 Å². The fourth-order valence-corrected chi connectivity index (χ4v) is 5.48. The Morgan fingerprint density at radius 2 is 0.879 bits per heavy atom. The molecule has 3 nitrogen and oxygen atoms in total. The van der Waals surface area contributed by atoms with E-state index in [9.17, 15) is 0 Å². The molecule has 33 heavy (non-hydrogen) atoms. The van der Waals surface area contributed by atoms with E-state index in [0.29, 0.717) is 0 Å². The van der Waals surface area contributed by atoms with Crippen molar-refractivity contribution in [2.45, 2.75) is 0 Å². The average molecular weight is 423 g/mol. The summed E-state index contributed by atoms with van der Waals surface area (Å²) in [5.41, 5.74) is 7.08. The fraction of sp³-hybridized carbons (Fsp3) is 0. The van der Waals surface area contributed by atoms with Crippen LogP contribution in [0.5, 0.6) is 0 Å². The molecule has 8 aromatic rings. The van der Waals surface area contributed by atoms with E-state index >= 15 is 0 Å². The molecular weight excluding hydrogens is 406 g/mol. The van der Waals surface area contributed by atoms with Gasteiger partial charge in [0.05, 0.1) is 11.0 Å². The van der Waals surface area contributed by atoms with E-state index in [0.717, 1.165) is 60.6 Å². The van der Waals surface area contributed by atoms with Crippen LogP contribution in [0.15, 0.2) is 112 Å². The summed E-state index contributed by atoms with van der Waals surface area (Å²) < 4.78 is 14.9. The standard InChI is InChI=1S/C30H17NO2/c1-2-8-18(9-3-1)31-21-14-16-25-27(19-10-4-6-12-23(19)32-25)29(21)30-22(31)15-17-26-28(30)20-11-5-7-13-24(20)33-26/h1-17H. The van der Waals surface area contributed by atoms with Crippen molar-refractivity contribution >= 4 is 65.7 Å². The van der Waals surface area contributed by atoms with Crippen LogP contribution in [0.4, 0.5) is 0 Å². The SMILES string of the molecule is c1ccc(-n2c3ccc4oc5ccccc5c4c3c3c4c(ccc32)oc2ccccc24)cc1. The molecule has 0 atom stereocenters. The van der Waals surface area contributed by atoms with Crippen LogP contribution in [0.25, 0.3) is 71.4 Å². The van der Waals surface area contributed by atoms with E-state index in [4.69, 9.17) is 8.83 Å². The number of para-hydroxylation sites is 3. The smallest absolute Gasteiger partial charge is 0.136 e. The molecule has 0 aliphatic rings. The Kier molecular flexibility index (Phi) is 3.14. The van der Waals surface area contributed by atoms with Crippen molar-refractivity contribution in [3.05, 3.63) is 103 Å². The van der Waals surface area contributed by atoms with E-state index < -0.39 is 0 Å². The molecule has 5 aromatic carbocycles. The van der Waals surface area contributed by atoms with Crippen molar-refractivity contribution in [3.63, 3.8) is 0 Å². The molecular formula is C30H17NO2. The van der Waals surface area contributed by atoms with Crippen molar-refractivity contribution in [2.24, 2.45) is 0 Å². The van der Waals surface area contributed by atoms with E-state index in [1.165, 1.54) is 10.8 Å². The van der Waals surface area contributed by atoms with Gasteiger partial charge in [-0.3, -0.25) is 0 Å². The van der Waals surface area contributed by atoms with Crippen molar-refractivity contribution in [1.82, 2.24) is 4.57 Å². The van der Waals surface area contributed by atoms with Crippen LogP contribution < -0.4 is 0 Å². The third-order valence-electron chi connectivity index (χ3n) is 6.79. The molecule has 0 fully saturated rings. The first-order valence-corrected chi connectivity index (χ1v) is 11.1. The molecule has 3 heteroatoms. The Labute approximate surface area is 188 Å². The highest BCUT2D eigenvalue weighted by Crippen LogP contribution is 2.45. The second-order valence-electron chi connectivity index (χ2n) is 8.53. The second kappa shape index (κ2) is 6.05. The highest BCUT2D eigenvalue weighted by Gasteiger charge is 2.22. The van der Waals surface area contributed by atoms with Gasteiger partial charge in [-0.15, -0.1) is 0 Å². The number of furan rings is 2. The van der Waals surface area contributed by atoms with Gasteiger partial charge in [0.15, 0.2) is 0 Å². The zero-order valence-electron chi connectivity index (χ0n) is 17.6. The molecule has 0 aliphatic carbocycles. The third kappa shape index (κ3) is 2.14. The Morgan fingerprint density at radius 3 is 1.42 bits per heavy atom. The minimum atomic E-state index is 0.903. The van der Waals surface area contributed by atoms with E-state index in [2.05, 4.69) is 83.4 Å². The van der Waals surface area contributed by atoms with Gasteiger partial charge in [0.25, 0.3) is 0 Å². The number of fused-ring (bicyclic) bond motifs is 11. The zero-order valence-corrected chi connectivity index (χ0v) is 17.6. The molecule has 154 valence electrons. The molecule has 0 radical (unpaired) electrons. The normalized spacial score (nSPS) is 12.2. The maximum Gasteiger partial charge on any atom is 0.136 e. The third-order valence-corrected chi connectivity index (χ3v) is 6.79. The Morgan fingerprint density at radius 1 is 0.394 bits per heavy atom. The van der Waals surface area contributed by atoms with Crippen LogP contribution in [0.1, 0.15) is 0 Å². The molecule has 8 rings (SSSR count). The van der Waals surface area contributed by atoms with E-state index in [1.807, 2.05) is 24.3 Å². The number of hydrogen-bond acceptors (Lipinski definition) is 2. The Bertz CT molecular complexity index is 1890. The van der Waals surface area contributed by atoms with Crippen molar-refractivity contribution in [1.29, 1.82) is 0 Å². The van der Waals surface area contributed by atoms with Gasteiger partial charge < -0.3 is 13.4 Å². The number of aromatic nitrogens is 1. The molecule has 0 spiro atoms. The topological polar surface area (TPSA) is 31.2 Å². The fourth-order valence-electron chi connectivity index (χ4n) is 5.48. The van der Waals surface area contributed by atoms with Crippen LogP contribution in [0.3, 0.4) is 0 Å². The first-order valence-electron chi connectivity index (χ1n) is 11.1. The van der Waals surface area contributed by atoms with Gasteiger partial charge >= 0.3 is 0 Å². The molecule has 0 amide bonds. The van der Waals surface area contributed by atoms with Crippen LogP contribution in [-0.4, -0.2) is 4.57 Å². The first kappa shape index (κ1) is 17.1. The van der Waals surface area contributed by atoms with Gasteiger partial charge in [-0.05, 0) is 48.5 Å². The van der Waals surface area contributed by atoms with Crippen LogP contribution in [0, 0.1) is 0 Å². The lowest BCUT2D eigenvalue weighted by Gasteiger charge is -2.07. The minimum absolute atomic E-state index is 0.903. The number of benzene rings is 5. The van der Waals surface area contributed by atoms with E-state index in [1.54, 1.807) is 0 Å². The van der Waals surface area contributed by atoms with Gasteiger partial charge in [0, 0.05) is 38.0 Å². The van der Waals surface area contributed by atoms with Crippen LogP contribution >= 0.6 is 0 Å². The summed E-state index contributed by atoms with van der Waals surface area (Å²) in [7, 11) is 0. The maximum atomic E-state index is 6.27. The van der Waals surface area contributed by atoms with Gasteiger partial charge in [-0.1, -0.05) is 54.6 Å². The number of nitrogens with zero attached hydrogens (tertiary/aromatic N) is 1. The van der Waals surface area contributed by atoms with Crippen molar-refractivity contribution in [2.75, 3.05) is 0 Å². The maximum absolute atomic E-state index is 6.27. The number of rotatable bonds is 1. The lowest BCUT2D eigenvalue weighted by Crippen LogP contribution is -1.92. The van der Waals surface area contributed by atoms with E-state index in [-0.39, 0.29) is 0 Å². The predicted octanol–water partition coefficient (Wildman–Crippen LogP) is 8.58. The molecule has 3 heterocycles. The summed E-state index contributed by atoms with van der Waals surface area (Å²) in [6.07, 6.45) is 0. The molecule has 0 aliphatic heterocycles. The molecule has 0 unspecified atom stereocenters. The van der Waals surface area contributed by atoms with Crippen molar-refractivity contribution in [3.8, 4) is 5.69 Å². The molecule has 0 bridgehead atoms. The molecule has 0 saturated heterocycles. The highest BCUT2D eigenvalue weighted by atomic mass is 16.3. The second-order valence-corrected chi connectivity index (χ2v) is 8.53. The largest absolute Gasteiger partial charge is 0.456 e. The van der Waals surface area contributed by atoms with Crippen molar-refractivity contribution < 1.29 is 8.83 Å². The van der Waals surface area contributed by atoms with Crippen LogP contribution in [-0.2, 0) is 0 Å². The lowest BCUT2D eigenvalue weighted by atomic mass is 10.0. The summed E-state index contributed by atoms with van der Waals surface area (Å²) in [5, 5.41) is 6.98.